The van der Waals surface area contributed by atoms with Crippen LogP contribution in [-0.4, -0.2) is 44.5 Å². The van der Waals surface area contributed by atoms with Gasteiger partial charge in [0.05, 0.1) is 27.1 Å². The molecule has 6 nitrogen and oxygen atoms in total. The molecule has 1 N–H and O–H groups in total. The zero-order valence-corrected chi connectivity index (χ0v) is 18.5. The van der Waals surface area contributed by atoms with Gasteiger partial charge in [-0.25, -0.2) is 8.42 Å². The Kier molecular flexibility index (Phi) is 6.85. The first-order valence-corrected chi connectivity index (χ1v) is 11.9. The van der Waals surface area contributed by atoms with Crippen LogP contribution < -0.4 is 5.32 Å². The fourth-order valence-electron chi connectivity index (χ4n) is 3.43. The molecule has 1 aliphatic heterocycles. The lowest BCUT2D eigenvalue weighted by Crippen LogP contribution is -2.38. The molecular formula is C21H20ClF3N2O4S. The van der Waals surface area contributed by atoms with E-state index in [0.717, 1.165) is 24.5 Å². The van der Waals surface area contributed by atoms with E-state index >= 15 is 0 Å². The van der Waals surface area contributed by atoms with Gasteiger partial charge in [0, 0.05) is 25.8 Å². The highest BCUT2D eigenvalue weighted by Gasteiger charge is 2.32. The first-order valence-electron chi connectivity index (χ1n) is 9.61. The first kappa shape index (κ1) is 24.1. The third-order valence-corrected chi connectivity index (χ3v) is 6.55. The molecule has 32 heavy (non-hydrogen) atoms. The highest BCUT2D eigenvalue weighted by atomic mass is 35.5. The van der Waals surface area contributed by atoms with E-state index in [9.17, 15) is 31.2 Å². The molecule has 0 saturated carbocycles. The quantitative estimate of drug-likeness (QED) is 0.669. The van der Waals surface area contributed by atoms with E-state index in [2.05, 4.69) is 5.32 Å². The van der Waals surface area contributed by atoms with Crippen molar-refractivity contribution in [3.63, 3.8) is 0 Å². The van der Waals surface area contributed by atoms with E-state index in [1.807, 2.05) is 0 Å². The maximum atomic E-state index is 13.2. The second-order valence-electron chi connectivity index (χ2n) is 7.51. The monoisotopic (exact) mass is 488 g/mol. The molecule has 0 aliphatic carbocycles. The van der Waals surface area contributed by atoms with Gasteiger partial charge in [-0.05, 0) is 42.3 Å². The number of likely N-dealkylation sites (tertiary alicyclic amines) is 1. The van der Waals surface area contributed by atoms with Crippen LogP contribution in [0.4, 0.5) is 13.2 Å². The van der Waals surface area contributed by atoms with Gasteiger partial charge >= 0.3 is 6.18 Å². The number of sulfone groups is 1. The molecule has 1 heterocycles. The van der Waals surface area contributed by atoms with Crippen molar-refractivity contribution in [2.24, 2.45) is 0 Å². The lowest BCUT2D eigenvalue weighted by Gasteiger charge is -2.26. The highest BCUT2D eigenvalue weighted by Crippen LogP contribution is 2.31. The normalized spacial score (nSPS) is 15.7. The summed E-state index contributed by atoms with van der Waals surface area (Å²) in [6, 6.07) is 7.13. The highest BCUT2D eigenvalue weighted by molar-refractivity contribution is 7.90. The summed E-state index contributed by atoms with van der Waals surface area (Å²) in [5.74, 6) is -0.928. The van der Waals surface area contributed by atoms with E-state index in [1.165, 1.54) is 29.2 Å². The minimum atomic E-state index is -4.58. The Morgan fingerprint density at radius 3 is 2.53 bits per heavy atom. The van der Waals surface area contributed by atoms with Crippen molar-refractivity contribution < 1.29 is 31.2 Å². The number of alkyl halides is 3. The summed E-state index contributed by atoms with van der Waals surface area (Å²) < 4.78 is 63.3. The number of carbonyl (C=O) groups is 2. The fraction of sp³-hybridized carbons (Fsp3) is 0.333. The molecule has 2 aromatic carbocycles. The molecule has 11 heteroatoms. The molecule has 0 spiro atoms. The smallest absolute Gasteiger partial charge is 0.343 e. The average molecular weight is 489 g/mol. The van der Waals surface area contributed by atoms with Crippen LogP contribution >= 0.6 is 11.6 Å². The van der Waals surface area contributed by atoms with Gasteiger partial charge in [-0.2, -0.15) is 13.2 Å². The lowest BCUT2D eigenvalue weighted by atomic mass is 10.0. The second-order valence-corrected chi connectivity index (χ2v) is 9.93. The third-order valence-electron chi connectivity index (χ3n) is 5.11. The Bertz CT molecular complexity index is 1150. The Morgan fingerprint density at radius 2 is 1.94 bits per heavy atom. The van der Waals surface area contributed by atoms with Gasteiger partial charge < -0.3 is 10.2 Å². The number of hydrogen-bond donors (Lipinski definition) is 1. The van der Waals surface area contributed by atoms with Crippen LogP contribution in [0.25, 0.3) is 0 Å². The molecule has 1 aliphatic rings. The first-order chi connectivity index (χ1) is 14.9. The molecule has 2 amide bonds. The van der Waals surface area contributed by atoms with Crippen LogP contribution in [0.2, 0.25) is 5.02 Å². The third kappa shape index (κ3) is 5.60. The van der Waals surface area contributed by atoms with Gasteiger partial charge in [0.1, 0.15) is 0 Å². The summed E-state index contributed by atoms with van der Waals surface area (Å²) in [6.45, 7) is 0.393. The van der Waals surface area contributed by atoms with Crippen LogP contribution in [0, 0.1) is 0 Å². The summed E-state index contributed by atoms with van der Waals surface area (Å²) >= 11 is 6.08. The van der Waals surface area contributed by atoms with Gasteiger partial charge in [0.15, 0.2) is 9.84 Å². The summed E-state index contributed by atoms with van der Waals surface area (Å²) in [6.07, 6.45) is -2.67. The van der Waals surface area contributed by atoms with Crippen LogP contribution in [-0.2, 0) is 20.8 Å². The van der Waals surface area contributed by atoms with Crippen molar-refractivity contribution in [1.29, 1.82) is 0 Å². The summed E-state index contributed by atoms with van der Waals surface area (Å²) in [5, 5.41) is 2.60. The van der Waals surface area contributed by atoms with E-state index in [0.29, 0.717) is 19.4 Å². The minimum absolute atomic E-state index is 0.0186. The van der Waals surface area contributed by atoms with Crippen LogP contribution in [0.1, 0.15) is 40.4 Å². The number of carbonyl (C=O) groups excluding carboxylic acids is 2. The Hall–Kier alpha value is -2.59. The van der Waals surface area contributed by atoms with Crippen molar-refractivity contribution in [2.75, 3.05) is 19.3 Å². The minimum Gasteiger partial charge on any atom is -0.343 e. The molecule has 0 aromatic heterocycles. The number of halogens is 4. The molecule has 172 valence electrons. The standard InChI is InChI=1S/C21H20ClF3N2O4S/c1-32(30,31)15-7-8-17(22)16(11-15)20(29)26-18(12-27-9-3-6-19(27)28)13-4-2-5-14(10-13)21(23,24)25/h2,4-5,7-8,10-11,18H,3,6,9,12H2,1H3,(H,26,29). The van der Waals surface area contributed by atoms with Crippen molar-refractivity contribution >= 4 is 33.3 Å². The zero-order valence-electron chi connectivity index (χ0n) is 16.9. The molecule has 3 rings (SSSR count). The molecule has 1 saturated heterocycles. The largest absolute Gasteiger partial charge is 0.416 e. The summed E-state index contributed by atoms with van der Waals surface area (Å²) in [7, 11) is -3.62. The van der Waals surface area contributed by atoms with E-state index in [4.69, 9.17) is 11.6 Å². The molecule has 1 fully saturated rings. The number of nitrogens with one attached hydrogen (secondary N) is 1. The van der Waals surface area contributed by atoms with E-state index < -0.39 is 33.5 Å². The molecule has 1 unspecified atom stereocenters. The van der Waals surface area contributed by atoms with Gasteiger partial charge in [0.2, 0.25) is 5.91 Å². The van der Waals surface area contributed by atoms with Crippen LogP contribution in [0.5, 0.6) is 0 Å². The SMILES string of the molecule is CS(=O)(=O)c1ccc(Cl)c(C(=O)NC(CN2CCCC2=O)c2cccc(C(F)(F)F)c2)c1. The number of nitrogens with zero attached hydrogens (tertiary/aromatic N) is 1. The Labute approximate surface area is 188 Å². The molecule has 0 bridgehead atoms. The predicted molar refractivity (Wildman–Crippen MR) is 112 cm³/mol. The molecular weight excluding hydrogens is 469 g/mol. The van der Waals surface area contributed by atoms with Gasteiger partial charge in [0.25, 0.3) is 5.91 Å². The number of rotatable bonds is 6. The van der Waals surface area contributed by atoms with Crippen molar-refractivity contribution in [3.8, 4) is 0 Å². The van der Waals surface area contributed by atoms with Crippen molar-refractivity contribution in [2.45, 2.75) is 30.0 Å². The summed E-state index contributed by atoms with van der Waals surface area (Å²) in [4.78, 5) is 26.4. The number of hydrogen-bond acceptors (Lipinski definition) is 4. The molecule has 2 aromatic rings. The molecule has 1 atom stereocenters. The average Bonchev–Trinajstić information content (AvgIpc) is 3.10. The van der Waals surface area contributed by atoms with Gasteiger partial charge in [-0.3, -0.25) is 9.59 Å². The Morgan fingerprint density at radius 1 is 1.22 bits per heavy atom. The van der Waals surface area contributed by atoms with Gasteiger partial charge in [-0.1, -0.05) is 23.7 Å². The van der Waals surface area contributed by atoms with Crippen LogP contribution in [0.15, 0.2) is 47.4 Å². The van der Waals surface area contributed by atoms with E-state index in [-0.39, 0.29) is 33.5 Å². The maximum Gasteiger partial charge on any atom is 0.416 e. The van der Waals surface area contributed by atoms with Gasteiger partial charge in [-0.15, -0.1) is 0 Å². The topological polar surface area (TPSA) is 83.6 Å². The number of benzene rings is 2. The van der Waals surface area contributed by atoms with Crippen molar-refractivity contribution in [1.82, 2.24) is 10.2 Å². The second kappa shape index (κ2) is 9.11. The van der Waals surface area contributed by atoms with Crippen molar-refractivity contribution in [3.05, 3.63) is 64.2 Å². The lowest BCUT2D eigenvalue weighted by molar-refractivity contribution is -0.137. The maximum absolute atomic E-state index is 13.2. The fourth-order valence-corrected chi connectivity index (χ4v) is 4.28. The van der Waals surface area contributed by atoms with Crippen LogP contribution in [0.3, 0.4) is 0 Å². The van der Waals surface area contributed by atoms with E-state index in [1.54, 1.807) is 0 Å². The zero-order chi connectivity index (χ0) is 23.7. The summed E-state index contributed by atoms with van der Waals surface area (Å²) in [5.41, 5.74) is -0.873. The predicted octanol–water partition coefficient (Wildman–Crippen LogP) is 3.86. The molecule has 0 radical (unpaired) electrons. The Balaban J connectivity index is 1.96. The number of amides is 2.